The first-order valence-electron chi connectivity index (χ1n) is 15.5. The van der Waals surface area contributed by atoms with Gasteiger partial charge in [-0.1, -0.05) is 38.5 Å². The predicted molar refractivity (Wildman–Crippen MR) is 153 cm³/mol. The Morgan fingerprint density at radius 1 is 1.00 bits per heavy atom. The number of rotatable bonds is 8. The summed E-state index contributed by atoms with van der Waals surface area (Å²) >= 11 is 0. The normalized spacial score (nSPS) is 23.3. The maximum Gasteiger partial charge on any atom is 0.414 e. The van der Waals surface area contributed by atoms with Crippen molar-refractivity contribution in [3.8, 4) is 6.19 Å². The summed E-state index contributed by atoms with van der Waals surface area (Å²) in [6.07, 6.45) is 12.1. The van der Waals surface area contributed by atoms with E-state index in [1.165, 1.54) is 17.7 Å². The van der Waals surface area contributed by atoms with Crippen LogP contribution in [0.15, 0.2) is 4.99 Å². The van der Waals surface area contributed by atoms with Crippen molar-refractivity contribution in [1.29, 1.82) is 5.26 Å². The van der Waals surface area contributed by atoms with Gasteiger partial charge in [0, 0.05) is 51.9 Å². The molecule has 2 amide bonds. The number of carbonyl (C=O) groups is 2. The second-order valence-corrected chi connectivity index (χ2v) is 11.8. The second kappa shape index (κ2) is 16.1. The lowest BCUT2D eigenvalue weighted by atomic mass is 9.79. The van der Waals surface area contributed by atoms with Crippen LogP contribution >= 0.6 is 0 Å². The van der Waals surface area contributed by atoms with E-state index < -0.39 is 6.09 Å². The second-order valence-electron chi connectivity index (χ2n) is 11.8. The van der Waals surface area contributed by atoms with Crippen molar-refractivity contribution in [2.45, 2.75) is 70.3 Å². The number of guanidine groups is 1. The summed E-state index contributed by atoms with van der Waals surface area (Å²) in [5.41, 5.74) is 0. The topological polar surface area (TPSA) is 114 Å². The van der Waals surface area contributed by atoms with Crippen molar-refractivity contribution in [1.82, 2.24) is 24.9 Å². The summed E-state index contributed by atoms with van der Waals surface area (Å²) < 4.78 is 11.1. The molecule has 0 aromatic carbocycles. The molecule has 224 valence electrons. The summed E-state index contributed by atoms with van der Waals surface area (Å²) in [6, 6.07) is -0.00607. The minimum Gasteiger partial charge on any atom is -0.448 e. The van der Waals surface area contributed by atoms with Crippen LogP contribution in [0.1, 0.15) is 64.2 Å². The lowest BCUT2D eigenvalue weighted by Crippen LogP contribution is -2.50. The van der Waals surface area contributed by atoms with Crippen molar-refractivity contribution >= 4 is 18.0 Å². The molecule has 2 aliphatic carbocycles. The molecule has 0 spiro atoms. The highest BCUT2D eigenvalue weighted by atomic mass is 16.5. The number of nitriles is 1. The van der Waals surface area contributed by atoms with Crippen molar-refractivity contribution in [2.75, 3.05) is 79.2 Å². The first-order chi connectivity index (χ1) is 19.5. The Morgan fingerprint density at radius 3 is 2.30 bits per heavy atom. The minimum atomic E-state index is -0.527. The Kier molecular flexibility index (Phi) is 12.3. The predicted octanol–water partition coefficient (Wildman–Crippen LogP) is 2.49. The number of hydrogen-bond acceptors (Lipinski definition) is 8. The summed E-state index contributed by atoms with van der Waals surface area (Å²) in [7, 11) is 2.12. The summed E-state index contributed by atoms with van der Waals surface area (Å²) in [5, 5.41) is 12.9. The lowest BCUT2D eigenvalue weighted by Gasteiger charge is -2.35. The number of hydrogen-bond donors (Lipinski definition) is 1. The fourth-order valence-electron chi connectivity index (χ4n) is 6.44. The first kappa shape index (κ1) is 30.5. The quantitative estimate of drug-likeness (QED) is 0.209. The Labute approximate surface area is 239 Å². The van der Waals surface area contributed by atoms with Gasteiger partial charge in [0.1, 0.15) is 6.61 Å². The van der Waals surface area contributed by atoms with Crippen molar-refractivity contribution in [2.24, 2.45) is 16.8 Å². The number of likely N-dealkylation sites (N-methyl/N-ethyl adjacent to an activating group) is 1. The van der Waals surface area contributed by atoms with Gasteiger partial charge < -0.3 is 19.3 Å². The zero-order valence-electron chi connectivity index (χ0n) is 24.4. The van der Waals surface area contributed by atoms with Crippen LogP contribution < -0.4 is 5.32 Å². The number of carbonyl (C=O) groups excluding carboxylic acids is 2. The zero-order valence-corrected chi connectivity index (χ0v) is 24.4. The van der Waals surface area contributed by atoms with Crippen molar-refractivity contribution < 1.29 is 19.1 Å². The van der Waals surface area contributed by atoms with E-state index in [4.69, 9.17) is 14.5 Å². The number of amides is 2. The molecule has 1 atom stereocenters. The highest BCUT2D eigenvalue weighted by Crippen LogP contribution is 2.33. The Hall–Kier alpha value is -2.42. The molecule has 1 unspecified atom stereocenters. The molecule has 11 heteroatoms. The van der Waals surface area contributed by atoms with Gasteiger partial charge in [0.15, 0.2) is 6.19 Å². The van der Waals surface area contributed by atoms with Crippen LogP contribution in [-0.2, 0) is 14.3 Å². The molecule has 2 saturated carbocycles. The Morgan fingerprint density at radius 2 is 1.65 bits per heavy atom. The Balaban J connectivity index is 1.42. The number of alkyl carbamates (subject to hydrolysis) is 1. The molecule has 0 aromatic rings. The standard InChI is InChI=1S/C29H49N7O4/c1-33-12-14-34(15-13-33)16-21-40-29(38)32-28(35-17-19-39-20-18-35)31-22-26(24-8-4-2-5-9-24)27(37)36(23-30)25-10-6-3-7-11-25/h24-26H,2-22H2,1H3,(H,31,32,38). The van der Waals surface area contributed by atoms with Gasteiger partial charge in [-0.3, -0.25) is 20.0 Å². The first-order valence-corrected chi connectivity index (χ1v) is 15.5. The van der Waals surface area contributed by atoms with Crippen molar-refractivity contribution in [3.05, 3.63) is 0 Å². The van der Waals surface area contributed by atoms with E-state index in [-0.39, 0.29) is 30.3 Å². The molecule has 2 heterocycles. The molecular formula is C29H49N7O4. The molecule has 4 aliphatic rings. The average Bonchev–Trinajstić information content (AvgIpc) is 2.99. The molecule has 0 aromatic heterocycles. The van der Waals surface area contributed by atoms with Gasteiger partial charge in [-0.15, -0.1) is 0 Å². The van der Waals surface area contributed by atoms with Crippen LogP contribution in [-0.4, -0.2) is 123 Å². The van der Waals surface area contributed by atoms with Crippen LogP contribution in [0.25, 0.3) is 0 Å². The number of piperazine rings is 1. The van der Waals surface area contributed by atoms with E-state index in [0.717, 1.165) is 77.5 Å². The number of ether oxygens (including phenoxy) is 2. The highest BCUT2D eigenvalue weighted by molar-refractivity contribution is 5.94. The van der Waals surface area contributed by atoms with E-state index in [9.17, 15) is 14.9 Å². The summed E-state index contributed by atoms with van der Waals surface area (Å²) in [4.78, 5) is 39.6. The molecule has 0 bridgehead atoms. The third kappa shape index (κ3) is 9.05. The third-order valence-corrected chi connectivity index (χ3v) is 9.02. The average molecular weight is 560 g/mol. The molecule has 1 N–H and O–H groups in total. The van der Waals surface area contributed by atoms with Crippen LogP contribution in [0.4, 0.5) is 4.79 Å². The largest absolute Gasteiger partial charge is 0.448 e. The van der Waals surface area contributed by atoms with E-state index in [1.54, 1.807) is 0 Å². The van der Waals surface area contributed by atoms with E-state index in [0.29, 0.717) is 45.4 Å². The smallest absolute Gasteiger partial charge is 0.414 e. The van der Waals surface area contributed by atoms with Crippen LogP contribution in [0.3, 0.4) is 0 Å². The number of aliphatic imine (C=N–C) groups is 1. The minimum absolute atomic E-state index is 0.00607. The van der Waals surface area contributed by atoms with Crippen LogP contribution in [0.2, 0.25) is 0 Å². The molecule has 11 nitrogen and oxygen atoms in total. The monoisotopic (exact) mass is 559 g/mol. The molecule has 2 saturated heterocycles. The van der Waals surface area contributed by atoms with Gasteiger partial charge in [-0.05, 0) is 38.6 Å². The fourth-order valence-corrected chi connectivity index (χ4v) is 6.44. The van der Waals surface area contributed by atoms with Gasteiger partial charge in [-0.25, -0.2) is 9.69 Å². The summed E-state index contributed by atoms with van der Waals surface area (Å²) in [6.45, 7) is 7.56. The summed E-state index contributed by atoms with van der Waals surface area (Å²) in [5.74, 6) is 0.169. The van der Waals surface area contributed by atoms with Gasteiger partial charge in [0.25, 0.3) is 0 Å². The van der Waals surface area contributed by atoms with E-state index in [1.807, 2.05) is 4.90 Å². The molecule has 0 radical (unpaired) electrons. The SMILES string of the molecule is CN1CCN(CCOC(=O)NC(=NCC(C(=O)N(C#N)C2CCCCC2)C2CCCCC2)N2CCOCC2)CC1. The molecular weight excluding hydrogens is 510 g/mol. The van der Waals surface area contributed by atoms with Gasteiger partial charge >= 0.3 is 6.09 Å². The molecule has 40 heavy (non-hydrogen) atoms. The van der Waals surface area contributed by atoms with Crippen molar-refractivity contribution in [3.63, 3.8) is 0 Å². The third-order valence-electron chi connectivity index (χ3n) is 9.02. The van der Waals surface area contributed by atoms with E-state index >= 15 is 0 Å². The number of morpholine rings is 1. The fraction of sp³-hybridized carbons (Fsp3) is 0.862. The van der Waals surface area contributed by atoms with Gasteiger partial charge in [0.2, 0.25) is 11.9 Å². The maximum atomic E-state index is 13.9. The van der Waals surface area contributed by atoms with Gasteiger partial charge in [0.05, 0.1) is 25.7 Å². The molecule has 2 aliphatic heterocycles. The molecule has 4 fully saturated rings. The van der Waals surface area contributed by atoms with Crippen LogP contribution in [0, 0.1) is 23.3 Å². The zero-order chi connectivity index (χ0) is 28.2. The van der Waals surface area contributed by atoms with E-state index in [2.05, 4.69) is 28.4 Å². The lowest BCUT2D eigenvalue weighted by molar-refractivity contribution is -0.136. The number of nitrogens with one attached hydrogen (secondary N) is 1. The van der Waals surface area contributed by atoms with Gasteiger partial charge in [-0.2, -0.15) is 5.26 Å². The number of nitrogens with zero attached hydrogens (tertiary/aromatic N) is 6. The molecule has 4 rings (SSSR count). The Bertz CT molecular complexity index is 868. The highest BCUT2D eigenvalue weighted by Gasteiger charge is 2.36. The van der Waals surface area contributed by atoms with Crippen LogP contribution in [0.5, 0.6) is 0 Å². The maximum absolute atomic E-state index is 13.9.